The molecule has 0 aromatic heterocycles. The molecule has 0 fully saturated rings. The van der Waals surface area contributed by atoms with Gasteiger partial charge in [0.2, 0.25) is 5.91 Å². The summed E-state index contributed by atoms with van der Waals surface area (Å²) in [7, 11) is 1.62. The van der Waals surface area contributed by atoms with Crippen LogP contribution >= 0.6 is 0 Å². The van der Waals surface area contributed by atoms with E-state index in [4.69, 9.17) is 9.47 Å². The zero-order valence-corrected chi connectivity index (χ0v) is 16.0. The van der Waals surface area contributed by atoms with Crippen molar-refractivity contribution in [3.8, 4) is 11.5 Å². The highest BCUT2D eigenvalue weighted by Gasteiger charge is 2.13. The van der Waals surface area contributed by atoms with Gasteiger partial charge in [0.25, 0.3) is 0 Å². The smallest absolute Gasteiger partial charge is 0.244 e. The number of rotatable bonds is 7. The summed E-state index contributed by atoms with van der Waals surface area (Å²) in [4.78, 5) is 12.0. The lowest BCUT2D eigenvalue weighted by atomic mass is 9.96. The van der Waals surface area contributed by atoms with Gasteiger partial charge in [0.15, 0.2) is 11.5 Å². The largest absolute Gasteiger partial charge is 0.493 e. The molecule has 1 unspecified atom stereocenters. The van der Waals surface area contributed by atoms with Gasteiger partial charge in [-0.05, 0) is 42.0 Å². The molecule has 1 aromatic carbocycles. The fraction of sp³-hybridized carbons (Fsp3) is 0.550. The minimum atomic E-state index is -0.116. The number of benzene rings is 1. The van der Waals surface area contributed by atoms with Gasteiger partial charge in [-0.15, -0.1) is 0 Å². The lowest BCUT2D eigenvalue weighted by Crippen LogP contribution is -2.25. The Morgan fingerprint density at radius 1 is 1.21 bits per heavy atom. The molecule has 0 aliphatic carbocycles. The van der Waals surface area contributed by atoms with Crippen LogP contribution in [0, 0.1) is 11.3 Å². The molecule has 134 valence electrons. The predicted molar refractivity (Wildman–Crippen MR) is 98.5 cm³/mol. The molecule has 24 heavy (non-hydrogen) atoms. The van der Waals surface area contributed by atoms with Gasteiger partial charge in [0.1, 0.15) is 0 Å². The van der Waals surface area contributed by atoms with Crippen molar-refractivity contribution in [2.45, 2.75) is 47.6 Å². The first-order chi connectivity index (χ1) is 11.1. The van der Waals surface area contributed by atoms with E-state index in [1.54, 1.807) is 13.2 Å². The first kappa shape index (κ1) is 20.1. The second kappa shape index (κ2) is 8.76. The summed E-state index contributed by atoms with van der Waals surface area (Å²) >= 11 is 0. The van der Waals surface area contributed by atoms with E-state index in [0.29, 0.717) is 18.3 Å². The highest BCUT2D eigenvalue weighted by molar-refractivity contribution is 5.87. The number of methoxy groups -OCH3 is 1. The Labute approximate surface area is 146 Å². The Bertz CT molecular complexity index is 571. The van der Waals surface area contributed by atoms with E-state index >= 15 is 0 Å². The fourth-order valence-electron chi connectivity index (χ4n) is 2.00. The molecule has 0 spiro atoms. The number of amides is 1. The van der Waals surface area contributed by atoms with Crippen LogP contribution < -0.4 is 14.8 Å². The Morgan fingerprint density at radius 2 is 1.88 bits per heavy atom. The van der Waals surface area contributed by atoms with E-state index in [9.17, 15) is 4.79 Å². The van der Waals surface area contributed by atoms with Crippen molar-refractivity contribution in [2.75, 3.05) is 13.7 Å². The van der Waals surface area contributed by atoms with Gasteiger partial charge in [-0.2, -0.15) is 0 Å². The summed E-state index contributed by atoms with van der Waals surface area (Å²) in [6.07, 6.45) is 3.49. The van der Waals surface area contributed by atoms with Crippen molar-refractivity contribution in [3.05, 3.63) is 35.9 Å². The van der Waals surface area contributed by atoms with E-state index < -0.39 is 0 Å². The third kappa shape index (κ3) is 7.07. The van der Waals surface area contributed by atoms with Crippen molar-refractivity contribution in [3.63, 3.8) is 0 Å². The maximum absolute atomic E-state index is 12.0. The van der Waals surface area contributed by atoms with Gasteiger partial charge < -0.3 is 14.8 Å². The molecule has 0 saturated carbocycles. The topological polar surface area (TPSA) is 47.6 Å². The molecule has 0 bridgehead atoms. The number of hydrogen-bond acceptors (Lipinski definition) is 3. The lowest BCUT2D eigenvalue weighted by molar-refractivity contribution is -0.117. The van der Waals surface area contributed by atoms with Crippen LogP contribution in [0.4, 0.5) is 0 Å². The van der Waals surface area contributed by atoms with Crippen molar-refractivity contribution in [1.29, 1.82) is 0 Å². The van der Waals surface area contributed by atoms with Gasteiger partial charge in [0.05, 0.1) is 19.8 Å². The van der Waals surface area contributed by atoms with E-state index in [2.05, 4.69) is 39.9 Å². The second-order valence-corrected chi connectivity index (χ2v) is 7.54. The molecule has 1 rings (SSSR count). The zero-order chi connectivity index (χ0) is 18.3. The highest BCUT2D eigenvalue weighted by Crippen LogP contribution is 2.30. The Balaban J connectivity index is 2.79. The summed E-state index contributed by atoms with van der Waals surface area (Å²) in [5.74, 6) is 1.75. The number of ether oxygens (including phenoxy) is 2. The molecule has 1 aromatic rings. The van der Waals surface area contributed by atoms with Crippen molar-refractivity contribution in [2.24, 2.45) is 11.3 Å². The van der Waals surface area contributed by atoms with Crippen LogP contribution in [0.2, 0.25) is 0 Å². The average Bonchev–Trinajstić information content (AvgIpc) is 2.49. The van der Waals surface area contributed by atoms with Gasteiger partial charge in [0, 0.05) is 0 Å². The average molecular weight is 333 g/mol. The molecule has 0 aliphatic heterocycles. The lowest BCUT2D eigenvalue weighted by Gasteiger charge is -2.17. The normalized spacial score (nSPS) is 13.2. The second-order valence-electron chi connectivity index (χ2n) is 7.54. The van der Waals surface area contributed by atoms with Crippen LogP contribution in [0.3, 0.4) is 0 Å². The van der Waals surface area contributed by atoms with Gasteiger partial charge in [-0.3, -0.25) is 4.79 Å². The molecule has 1 amide bonds. The summed E-state index contributed by atoms with van der Waals surface area (Å²) in [6, 6.07) is 5.64. The summed E-state index contributed by atoms with van der Waals surface area (Å²) < 4.78 is 11.2. The molecule has 0 aliphatic rings. The van der Waals surface area contributed by atoms with Crippen molar-refractivity contribution in [1.82, 2.24) is 5.32 Å². The Morgan fingerprint density at radius 3 is 2.42 bits per heavy atom. The maximum atomic E-state index is 12.0. The number of carbonyl (C=O) groups is 1. The molecule has 1 atom stereocenters. The molecule has 1 N–H and O–H groups in total. The van der Waals surface area contributed by atoms with E-state index in [1.165, 1.54) is 0 Å². The maximum Gasteiger partial charge on any atom is 0.244 e. The third-order valence-corrected chi connectivity index (χ3v) is 3.35. The van der Waals surface area contributed by atoms with E-state index in [-0.39, 0.29) is 17.4 Å². The predicted octanol–water partition coefficient (Wildman–Crippen LogP) is 4.51. The number of allylic oxidation sites excluding steroid dienone is 1. The fourth-order valence-corrected chi connectivity index (χ4v) is 2.00. The summed E-state index contributed by atoms with van der Waals surface area (Å²) in [6.45, 7) is 13.0. The number of hydrogen-bond donors (Lipinski definition) is 1. The van der Waals surface area contributed by atoms with Gasteiger partial charge in [-0.1, -0.05) is 46.8 Å². The summed E-state index contributed by atoms with van der Waals surface area (Å²) in [5.41, 5.74) is 0.959. The quantitative estimate of drug-likeness (QED) is 0.747. The van der Waals surface area contributed by atoms with E-state index in [1.807, 2.05) is 31.2 Å². The zero-order valence-electron chi connectivity index (χ0n) is 16.0. The number of nitrogens with one attached hydrogen (secondary N) is 1. The highest BCUT2D eigenvalue weighted by atomic mass is 16.5. The van der Waals surface area contributed by atoms with Crippen LogP contribution in [-0.4, -0.2) is 19.6 Å². The number of carbonyl (C=O) groups excluding carboxylic acids is 1. The van der Waals surface area contributed by atoms with Crippen molar-refractivity contribution >= 4 is 5.91 Å². The monoisotopic (exact) mass is 333 g/mol. The Hall–Kier alpha value is -1.97. The molecule has 0 heterocycles. The van der Waals surface area contributed by atoms with Gasteiger partial charge in [-0.25, -0.2) is 0 Å². The SMILES string of the molecule is COc1cc(C(C)NC(=O)C=CC(C)(C)C)ccc1OCC(C)C. The molecule has 4 nitrogen and oxygen atoms in total. The van der Waals surface area contributed by atoms with Gasteiger partial charge >= 0.3 is 0 Å². The Kier molecular flexibility index (Phi) is 7.33. The van der Waals surface area contributed by atoms with Crippen LogP contribution in [0.25, 0.3) is 0 Å². The van der Waals surface area contributed by atoms with Crippen LogP contribution in [0.15, 0.2) is 30.4 Å². The third-order valence-electron chi connectivity index (χ3n) is 3.35. The molecular weight excluding hydrogens is 302 g/mol. The standard InChI is InChI=1S/C20H31NO3/c1-14(2)13-24-17-9-8-16(12-18(17)23-7)15(3)21-19(22)10-11-20(4,5)6/h8-12,14-15H,13H2,1-7H3,(H,21,22). The van der Waals surface area contributed by atoms with E-state index in [0.717, 1.165) is 11.3 Å². The van der Waals surface area contributed by atoms with Crippen LogP contribution in [0.5, 0.6) is 11.5 Å². The van der Waals surface area contributed by atoms with Crippen LogP contribution in [-0.2, 0) is 4.79 Å². The molecular formula is C20H31NO3. The van der Waals surface area contributed by atoms with Crippen molar-refractivity contribution < 1.29 is 14.3 Å². The summed E-state index contributed by atoms with van der Waals surface area (Å²) in [5, 5.41) is 2.97. The van der Waals surface area contributed by atoms with Crippen LogP contribution in [0.1, 0.15) is 53.1 Å². The molecule has 0 saturated heterocycles. The first-order valence-corrected chi connectivity index (χ1v) is 8.43. The minimum absolute atomic E-state index is 0.0147. The molecule has 4 heteroatoms. The minimum Gasteiger partial charge on any atom is -0.493 e. The first-order valence-electron chi connectivity index (χ1n) is 8.43. The molecule has 0 radical (unpaired) electrons.